The molecule has 1 saturated heterocycles. The van der Waals surface area contributed by atoms with Crippen LogP contribution in [0.25, 0.3) is 0 Å². The molecule has 0 aliphatic carbocycles. The largest absolute Gasteiger partial charge is 0.493 e. The first-order valence-electron chi connectivity index (χ1n) is 10.3. The van der Waals surface area contributed by atoms with Gasteiger partial charge in [-0.1, -0.05) is 23.7 Å². The molecule has 1 aliphatic rings. The van der Waals surface area contributed by atoms with E-state index in [1.54, 1.807) is 21.3 Å². The highest BCUT2D eigenvalue weighted by Gasteiger charge is 2.21. The molecule has 32 heavy (non-hydrogen) atoms. The first kappa shape index (κ1) is 26.3. The molecule has 0 aromatic heterocycles. The van der Waals surface area contributed by atoms with Gasteiger partial charge in [-0.05, 0) is 35.4 Å². The van der Waals surface area contributed by atoms with Gasteiger partial charge in [-0.3, -0.25) is 9.89 Å². The Morgan fingerprint density at radius 3 is 2.16 bits per heavy atom. The number of nitrogens with zero attached hydrogens (tertiary/aromatic N) is 3. The first-order chi connectivity index (χ1) is 15.1. The third-order valence-electron chi connectivity index (χ3n) is 5.35. The van der Waals surface area contributed by atoms with Gasteiger partial charge in [0.2, 0.25) is 5.75 Å². The molecule has 1 heterocycles. The second-order valence-corrected chi connectivity index (χ2v) is 7.76. The third-order valence-corrected chi connectivity index (χ3v) is 5.59. The zero-order chi connectivity index (χ0) is 22.2. The van der Waals surface area contributed by atoms with Crippen molar-refractivity contribution in [3.05, 3.63) is 52.5 Å². The molecule has 9 heteroatoms. The molecule has 0 saturated carbocycles. The standard InChI is InChI=1S/C23H31ClN4O3.HI/c1-25-23(26-15-17-6-5-7-19(24)12-17)28-10-8-27(9-11-28)16-18-13-20(29-2)22(31-4)21(14-18)30-3;/h5-7,12-14H,8-11,15-16H2,1-4H3,(H,25,26);1H. The van der Waals surface area contributed by atoms with Crippen LogP contribution in [-0.4, -0.2) is 70.3 Å². The van der Waals surface area contributed by atoms with E-state index in [0.29, 0.717) is 23.8 Å². The summed E-state index contributed by atoms with van der Waals surface area (Å²) < 4.78 is 16.4. The number of aliphatic imine (C=N–C) groups is 1. The van der Waals surface area contributed by atoms with Crippen molar-refractivity contribution in [2.24, 2.45) is 4.99 Å². The number of benzene rings is 2. The Balaban J connectivity index is 0.00000363. The van der Waals surface area contributed by atoms with Gasteiger partial charge < -0.3 is 24.4 Å². The molecule has 0 unspecified atom stereocenters. The van der Waals surface area contributed by atoms with Crippen molar-refractivity contribution in [2.45, 2.75) is 13.1 Å². The number of guanidine groups is 1. The molecular weight excluding hydrogens is 543 g/mol. The van der Waals surface area contributed by atoms with Crippen molar-refractivity contribution < 1.29 is 14.2 Å². The van der Waals surface area contributed by atoms with E-state index in [-0.39, 0.29) is 24.0 Å². The molecule has 7 nitrogen and oxygen atoms in total. The fourth-order valence-corrected chi connectivity index (χ4v) is 3.98. The van der Waals surface area contributed by atoms with Gasteiger partial charge in [0.1, 0.15) is 0 Å². The Morgan fingerprint density at radius 1 is 0.969 bits per heavy atom. The van der Waals surface area contributed by atoms with Crippen molar-refractivity contribution in [1.29, 1.82) is 0 Å². The van der Waals surface area contributed by atoms with Crippen molar-refractivity contribution in [2.75, 3.05) is 54.6 Å². The topological polar surface area (TPSA) is 58.6 Å². The average Bonchev–Trinajstić information content (AvgIpc) is 2.79. The minimum absolute atomic E-state index is 0. The van der Waals surface area contributed by atoms with Gasteiger partial charge in [0.05, 0.1) is 21.3 Å². The van der Waals surface area contributed by atoms with Crippen molar-refractivity contribution in [3.8, 4) is 17.2 Å². The Bertz CT molecular complexity index is 880. The first-order valence-corrected chi connectivity index (χ1v) is 10.7. The van der Waals surface area contributed by atoms with Gasteiger partial charge in [-0.15, -0.1) is 24.0 Å². The fourth-order valence-electron chi connectivity index (χ4n) is 3.76. The zero-order valence-electron chi connectivity index (χ0n) is 19.1. The maximum atomic E-state index is 6.08. The highest BCUT2D eigenvalue weighted by atomic mass is 127. The maximum Gasteiger partial charge on any atom is 0.203 e. The van der Waals surface area contributed by atoms with Gasteiger partial charge in [0, 0.05) is 51.3 Å². The molecule has 1 aliphatic heterocycles. The minimum atomic E-state index is 0. The smallest absolute Gasteiger partial charge is 0.203 e. The molecule has 1 N–H and O–H groups in total. The molecule has 0 amide bonds. The normalized spacial score (nSPS) is 14.5. The lowest BCUT2D eigenvalue weighted by atomic mass is 10.1. The quantitative estimate of drug-likeness (QED) is 0.308. The number of hydrogen-bond acceptors (Lipinski definition) is 5. The van der Waals surface area contributed by atoms with Crippen LogP contribution in [0.15, 0.2) is 41.4 Å². The summed E-state index contributed by atoms with van der Waals surface area (Å²) in [5.41, 5.74) is 2.26. The maximum absolute atomic E-state index is 6.08. The second kappa shape index (κ2) is 13.0. The van der Waals surface area contributed by atoms with E-state index in [9.17, 15) is 0 Å². The Labute approximate surface area is 212 Å². The van der Waals surface area contributed by atoms with Crippen LogP contribution in [0.2, 0.25) is 5.02 Å². The molecule has 0 radical (unpaired) electrons. The predicted molar refractivity (Wildman–Crippen MR) is 140 cm³/mol. The van der Waals surface area contributed by atoms with Crippen LogP contribution in [0.1, 0.15) is 11.1 Å². The van der Waals surface area contributed by atoms with E-state index >= 15 is 0 Å². The van der Waals surface area contributed by atoms with Crippen molar-refractivity contribution in [1.82, 2.24) is 15.1 Å². The third kappa shape index (κ3) is 6.79. The summed E-state index contributed by atoms with van der Waals surface area (Å²) in [7, 11) is 6.72. The van der Waals surface area contributed by atoms with Crippen LogP contribution in [0.4, 0.5) is 0 Å². The van der Waals surface area contributed by atoms with Gasteiger partial charge in [-0.25, -0.2) is 0 Å². The zero-order valence-corrected chi connectivity index (χ0v) is 22.1. The van der Waals surface area contributed by atoms with E-state index in [2.05, 4.69) is 26.2 Å². The average molecular weight is 575 g/mol. The summed E-state index contributed by atoms with van der Waals surface area (Å²) in [6, 6.07) is 11.9. The van der Waals surface area contributed by atoms with E-state index < -0.39 is 0 Å². The Morgan fingerprint density at radius 2 is 1.62 bits per heavy atom. The number of ether oxygens (including phenoxy) is 3. The second-order valence-electron chi connectivity index (χ2n) is 7.33. The van der Waals surface area contributed by atoms with Crippen LogP contribution in [-0.2, 0) is 13.1 Å². The highest BCUT2D eigenvalue weighted by molar-refractivity contribution is 14.0. The summed E-state index contributed by atoms with van der Waals surface area (Å²) in [5, 5.41) is 4.19. The molecule has 0 spiro atoms. The lowest BCUT2D eigenvalue weighted by molar-refractivity contribution is 0.172. The Hall–Kier alpha value is -1.91. The summed E-state index contributed by atoms with van der Waals surface area (Å²) in [5.74, 6) is 2.89. The van der Waals surface area contributed by atoms with Crippen LogP contribution >= 0.6 is 35.6 Å². The van der Waals surface area contributed by atoms with Gasteiger partial charge in [0.15, 0.2) is 17.5 Å². The summed E-state index contributed by atoms with van der Waals surface area (Å²) in [4.78, 5) is 9.16. The lowest BCUT2D eigenvalue weighted by Gasteiger charge is -2.36. The van der Waals surface area contributed by atoms with E-state index in [0.717, 1.165) is 54.8 Å². The summed E-state index contributed by atoms with van der Waals surface area (Å²) in [6.45, 7) is 5.19. The summed E-state index contributed by atoms with van der Waals surface area (Å²) >= 11 is 6.08. The van der Waals surface area contributed by atoms with Crippen molar-refractivity contribution in [3.63, 3.8) is 0 Å². The molecule has 3 rings (SSSR count). The minimum Gasteiger partial charge on any atom is -0.493 e. The molecule has 1 fully saturated rings. The number of methoxy groups -OCH3 is 3. The molecule has 2 aromatic rings. The van der Waals surface area contributed by atoms with E-state index in [1.807, 2.05) is 37.4 Å². The molecule has 0 bridgehead atoms. The lowest BCUT2D eigenvalue weighted by Crippen LogP contribution is -2.52. The Kier molecular flexibility index (Phi) is 10.7. The predicted octanol–water partition coefficient (Wildman–Crippen LogP) is 3.88. The van der Waals surface area contributed by atoms with Gasteiger partial charge in [0.25, 0.3) is 0 Å². The number of piperazine rings is 1. The van der Waals surface area contributed by atoms with E-state index in [1.165, 1.54) is 0 Å². The number of rotatable bonds is 7. The van der Waals surface area contributed by atoms with Crippen LogP contribution in [0.5, 0.6) is 17.2 Å². The number of hydrogen-bond donors (Lipinski definition) is 1. The van der Waals surface area contributed by atoms with Crippen LogP contribution in [0, 0.1) is 0 Å². The SMILES string of the molecule is CN=C(NCc1cccc(Cl)c1)N1CCN(Cc2cc(OC)c(OC)c(OC)c2)CC1.I. The van der Waals surface area contributed by atoms with Gasteiger partial charge >= 0.3 is 0 Å². The fraction of sp³-hybridized carbons (Fsp3) is 0.435. The van der Waals surface area contributed by atoms with Gasteiger partial charge in [-0.2, -0.15) is 0 Å². The molecule has 2 aromatic carbocycles. The summed E-state index contributed by atoms with van der Waals surface area (Å²) in [6.07, 6.45) is 0. The molecule has 0 atom stereocenters. The van der Waals surface area contributed by atoms with Crippen LogP contribution in [0.3, 0.4) is 0 Å². The van der Waals surface area contributed by atoms with Crippen molar-refractivity contribution >= 4 is 41.5 Å². The van der Waals surface area contributed by atoms with E-state index in [4.69, 9.17) is 25.8 Å². The monoisotopic (exact) mass is 574 g/mol. The highest BCUT2D eigenvalue weighted by Crippen LogP contribution is 2.38. The molecule has 176 valence electrons. The molecular formula is C23H32ClIN4O3. The van der Waals surface area contributed by atoms with Crippen LogP contribution < -0.4 is 19.5 Å². The number of halogens is 2. The number of nitrogens with one attached hydrogen (secondary N) is 1.